The van der Waals surface area contributed by atoms with Crippen LogP contribution in [0.15, 0.2) is 35.8 Å². The third-order valence-corrected chi connectivity index (χ3v) is 7.02. The molecule has 6 nitrogen and oxygen atoms in total. The zero-order valence-corrected chi connectivity index (χ0v) is 15.6. The van der Waals surface area contributed by atoms with E-state index < -0.39 is 13.3 Å². The molecule has 1 atom stereocenters. The zero-order valence-electron chi connectivity index (χ0n) is 13.9. The number of thiophene rings is 1. The van der Waals surface area contributed by atoms with Gasteiger partial charge < -0.3 is 9.05 Å². The molecule has 128 valence electrons. The highest BCUT2D eigenvalue weighted by atomic mass is 32.1. The van der Waals surface area contributed by atoms with Crippen molar-refractivity contribution in [2.75, 3.05) is 13.2 Å². The molecule has 0 saturated heterocycles. The van der Waals surface area contributed by atoms with Gasteiger partial charge in [0.05, 0.1) is 35.7 Å². The summed E-state index contributed by atoms with van der Waals surface area (Å²) in [5.41, 5.74) is 1.85. The summed E-state index contributed by atoms with van der Waals surface area (Å²) in [6.45, 7) is 6.12. The van der Waals surface area contributed by atoms with Gasteiger partial charge in [0.25, 0.3) is 0 Å². The van der Waals surface area contributed by atoms with Gasteiger partial charge in [-0.15, -0.1) is 11.3 Å². The Hall–Kier alpha value is -1.53. The molecule has 0 fully saturated rings. The van der Waals surface area contributed by atoms with E-state index in [9.17, 15) is 4.57 Å². The molecule has 0 radical (unpaired) electrons. The van der Waals surface area contributed by atoms with Crippen molar-refractivity contribution in [3.63, 3.8) is 0 Å². The van der Waals surface area contributed by atoms with Gasteiger partial charge in [0.15, 0.2) is 5.65 Å². The van der Waals surface area contributed by atoms with E-state index in [2.05, 4.69) is 10.1 Å². The van der Waals surface area contributed by atoms with Crippen molar-refractivity contribution in [3.8, 4) is 10.6 Å². The maximum Gasteiger partial charge on any atom is 0.339 e. The Morgan fingerprint density at radius 1 is 1.29 bits per heavy atom. The summed E-state index contributed by atoms with van der Waals surface area (Å²) in [5, 5.41) is 6.33. The lowest BCUT2D eigenvalue weighted by atomic mass is 10.2. The van der Waals surface area contributed by atoms with Gasteiger partial charge in [-0.1, -0.05) is 6.07 Å². The molecule has 1 unspecified atom stereocenters. The molecule has 0 N–H and O–H groups in total. The largest absolute Gasteiger partial charge is 0.339 e. The predicted octanol–water partition coefficient (Wildman–Crippen LogP) is 4.78. The van der Waals surface area contributed by atoms with Crippen LogP contribution < -0.4 is 0 Å². The number of aromatic nitrogens is 3. The van der Waals surface area contributed by atoms with Crippen molar-refractivity contribution >= 4 is 24.6 Å². The third-order valence-electron chi connectivity index (χ3n) is 3.68. The van der Waals surface area contributed by atoms with Gasteiger partial charge >= 0.3 is 7.60 Å². The second kappa shape index (κ2) is 7.15. The van der Waals surface area contributed by atoms with Gasteiger partial charge in [-0.3, -0.25) is 4.57 Å². The summed E-state index contributed by atoms with van der Waals surface area (Å²) < 4.78 is 25.9. The van der Waals surface area contributed by atoms with Crippen molar-refractivity contribution in [2.24, 2.45) is 0 Å². The van der Waals surface area contributed by atoms with E-state index in [4.69, 9.17) is 9.05 Å². The molecule has 3 rings (SSSR count). The minimum Gasteiger partial charge on any atom is -0.308 e. The van der Waals surface area contributed by atoms with Crippen molar-refractivity contribution in [2.45, 2.75) is 26.4 Å². The van der Waals surface area contributed by atoms with Crippen LogP contribution in [0.5, 0.6) is 0 Å². The number of nitrogens with zero attached hydrogens (tertiary/aromatic N) is 3. The van der Waals surface area contributed by atoms with E-state index in [0.717, 1.165) is 16.3 Å². The average molecular weight is 365 g/mol. The summed E-state index contributed by atoms with van der Waals surface area (Å²) in [4.78, 5) is 5.69. The highest BCUT2D eigenvalue weighted by molar-refractivity contribution is 7.54. The second-order valence-corrected chi connectivity index (χ2v) is 8.51. The maximum atomic E-state index is 13.2. The lowest BCUT2D eigenvalue weighted by molar-refractivity contribution is 0.213. The maximum absolute atomic E-state index is 13.2. The Labute approximate surface area is 145 Å². The minimum absolute atomic E-state index is 0.326. The molecule has 3 aromatic heterocycles. The molecule has 0 amide bonds. The third kappa shape index (κ3) is 3.17. The Balaban J connectivity index is 2.13. The van der Waals surface area contributed by atoms with Crippen molar-refractivity contribution < 1.29 is 13.6 Å². The quantitative estimate of drug-likeness (QED) is 0.564. The fourth-order valence-electron chi connectivity index (χ4n) is 2.57. The molecule has 0 aliphatic rings. The summed E-state index contributed by atoms with van der Waals surface area (Å²) in [5.74, 6) is 0. The van der Waals surface area contributed by atoms with Crippen LogP contribution in [0.2, 0.25) is 0 Å². The van der Waals surface area contributed by atoms with Gasteiger partial charge in [0, 0.05) is 6.07 Å². The first-order valence-corrected chi connectivity index (χ1v) is 10.4. The molecular weight excluding hydrogens is 345 g/mol. The van der Waals surface area contributed by atoms with E-state index in [0.29, 0.717) is 18.9 Å². The van der Waals surface area contributed by atoms with E-state index >= 15 is 0 Å². The zero-order chi connectivity index (χ0) is 17.2. The molecule has 0 spiro atoms. The molecule has 0 aliphatic carbocycles. The highest BCUT2D eigenvalue weighted by Gasteiger charge is 2.35. The summed E-state index contributed by atoms with van der Waals surface area (Å²) in [6.07, 6.45) is 1.68. The molecule has 0 aromatic carbocycles. The molecule has 0 bridgehead atoms. The highest BCUT2D eigenvalue weighted by Crippen LogP contribution is 2.60. The van der Waals surface area contributed by atoms with Crippen LogP contribution in [0.25, 0.3) is 16.2 Å². The van der Waals surface area contributed by atoms with Gasteiger partial charge in [-0.05, 0) is 38.3 Å². The van der Waals surface area contributed by atoms with Crippen molar-refractivity contribution in [3.05, 3.63) is 41.5 Å². The van der Waals surface area contributed by atoms with Gasteiger partial charge in [-0.2, -0.15) is 5.10 Å². The van der Waals surface area contributed by atoms with Crippen LogP contribution in [0, 0.1) is 0 Å². The van der Waals surface area contributed by atoms with Crippen LogP contribution in [-0.4, -0.2) is 27.8 Å². The molecular formula is C16H20N3O3PS. The summed E-state index contributed by atoms with van der Waals surface area (Å²) in [7, 11) is -3.29. The first-order chi connectivity index (χ1) is 11.6. The van der Waals surface area contributed by atoms with E-state index in [-0.39, 0.29) is 0 Å². The Kier molecular flexibility index (Phi) is 5.15. The Bertz CT molecular complexity index is 853. The predicted molar refractivity (Wildman–Crippen MR) is 95.6 cm³/mol. The molecule has 3 aromatic rings. The van der Waals surface area contributed by atoms with Crippen LogP contribution in [0.4, 0.5) is 0 Å². The molecule has 24 heavy (non-hydrogen) atoms. The normalized spacial score (nSPS) is 13.5. The number of hydrogen-bond donors (Lipinski definition) is 0. The minimum atomic E-state index is -3.29. The van der Waals surface area contributed by atoms with E-state index in [1.54, 1.807) is 22.0 Å². The van der Waals surface area contributed by atoms with Gasteiger partial charge in [0.2, 0.25) is 0 Å². The summed E-state index contributed by atoms with van der Waals surface area (Å²) in [6, 6.07) is 7.75. The molecule has 0 saturated carbocycles. The number of hydrogen-bond acceptors (Lipinski definition) is 6. The van der Waals surface area contributed by atoms with Crippen LogP contribution >= 0.6 is 18.9 Å². The lowest BCUT2D eigenvalue weighted by Gasteiger charge is -2.24. The first-order valence-electron chi connectivity index (χ1n) is 7.86. The van der Waals surface area contributed by atoms with Crippen LogP contribution in [0.1, 0.15) is 32.1 Å². The SMILES string of the molecule is CCOP(=O)(OCC)C(C)c1cc(-c2cccs2)nc2ccnn12. The lowest BCUT2D eigenvalue weighted by Crippen LogP contribution is -2.09. The second-order valence-electron chi connectivity index (χ2n) is 5.20. The van der Waals surface area contributed by atoms with Crippen LogP contribution in [0.3, 0.4) is 0 Å². The van der Waals surface area contributed by atoms with Crippen molar-refractivity contribution in [1.82, 2.24) is 14.6 Å². The fourth-order valence-corrected chi connectivity index (χ4v) is 5.00. The smallest absolute Gasteiger partial charge is 0.308 e. The van der Waals surface area contributed by atoms with Crippen LogP contribution in [-0.2, 0) is 13.6 Å². The van der Waals surface area contributed by atoms with Gasteiger partial charge in [-0.25, -0.2) is 9.50 Å². The number of rotatable bonds is 7. The monoisotopic (exact) mass is 365 g/mol. The van der Waals surface area contributed by atoms with Crippen molar-refractivity contribution in [1.29, 1.82) is 0 Å². The fraction of sp³-hybridized carbons (Fsp3) is 0.375. The topological polar surface area (TPSA) is 65.7 Å². The van der Waals surface area contributed by atoms with E-state index in [1.807, 2.05) is 50.4 Å². The van der Waals surface area contributed by atoms with Gasteiger partial charge in [0.1, 0.15) is 5.66 Å². The molecule has 8 heteroatoms. The molecule has 0 aliphatic heterocycles. The first kappa shape index (κ1) is 17.3. The number of fused-ring (bicyclic) bond motifs is 1. The standard InChI is InChI=1S/C16H20N3O3PS/c1-4-21-23(20,22-5-2)12(3)14-11-13(15-7-6-10-24-15)18-16-8-9-17-19(14)16/h6-12H,4-5H2,1-3H3. The summed E-state index contributed by atoms with van der Waals surface area (Å²) >= 11 is 1.61. The van der Waals surface area contributed by atoms with E-state index in [1.165, 1.54) is 0 Å². The average Bonchev–Trinajstić information content (AvgIpc) is 3.24. The molecule has 3 heterocycles. The Morgan fingerprint density at radius 3 is 2.67 bits per heavy atom. The Morgan fingerprint density at radius 2 is 2.04 bits per heavy atom.